The van der Waals surface area contributed by atoms with Gasteiger partial charge in [-0.3, -0.25) is 14.8 Å². The molecule has 0 aromatic heterocycles. The molecule has 0 radical (unpaired) electrons. The molecule has 1 aromatic rings. The van der Waals surface area contributed by atoms with E-state index in [-0.39, 0.29) is 11.7 Å². The Morgan fingerprint density at radius 1 is 1.42 bits per heavy atom. The predicted octanol–water partition coefficient (Wildman–Crippen LogP) is 1.91. The van der Waals surface area contributed by atoms with Gasteiger partial charge in [-0.2, -0.15) is 0 Å². The van der Waals surface area contributed by atoms with Gasteiger partial charge in [0.1, 0.15) is 5.75 Å². The van der Waals surface area contributed by atoms with E-state index in [0.29, 0.717) is 0 Å². The molecule has 1 atom stereocenters. The van der Waals surface area contributed by atoms with E-state index in [1.807, 2.05) is 20.2 Å². The van der Waals surface area contributed by atoms with E-state index in [2.05, 4.69) is 9.89 Å². The number of phosphoric ester groups is 1. The molecule has 0 saturated heterocycles. The Bertz CT molecular complexity index is 539. The summed E-state index contributed by atoms with van der Waals surface area (Å²) in [6, 6.07) is 5.05. The van der Waals surface area contributed by atoms with Gasteiger partial charge in [-0.05, 0) is 39.2 Å². The van der Waals surface area contributed by atoms with Crippen LogP contribution in [0.2, 0.25) is 0 Å². The number of benzene rings is 1. The molecule has 1 aromatic carbocycles. The molecule has 104 valence electrons. The van der Waals surface area contributed by atoms with E-state index in [9.17, 15) is 4.57 Å². The number of rotatable bonds is 5. The average Bonchev–Trinajstić information content (AvgIpc) is 2.68. The van der Waals surface area contributed by atoms with Crippen LogP contribution in [0.15, 0.2) is 23.2 Å². The van der Waals surface area contributed by atoms with Gasteiger partial charge in [0.05, 0.1) is 5.69 Å². The summed E-state index contributed by atoms with van der Waals surface area (Å²) in [6.07, 6.45) is 2.63. The lowest BCUT2D eigenvalue weighted by atomic mass is 9.97. The van der Waals surface area contributed by atoms with E-state index in [4.69, 9.17) is 14.3 Å². The van der Waals surface area contributed by atoms with E-state index in [1.54, 1.807) is 18.3 Å². The Labute approximate surface area is 112 Å². The summed E-state index contributed by atoms with van der Waals surface area (Å²) in [7, 11) is -0.596. The fraction of sp³-hybridized carbons (Fsp3) is 0.417. The Kier molecular flexibility index (Phi) is 4.06. The van der Waals surface area contributed by atoms with Crippen molar-refractivity contribution in [3.63, 3.8) is 0 Å². The molecule has 1 aliphatic heterocycles. The first-order valence-electron chi connectivity index (χ1n) is 5.94. The van der Waals surface area contributed by atoms with Gasteiger partial charge in [-0.15, -0.1) is 0 Å². The third-order valence-electron chi connectivity index (χ3n) is 2.91. The van der Waals surface area contributed by atoms with Gasteiger partial charge in [0.2, 0.25) is 0 Å². The van der Waals surface area contributed by atoms with E-state index in [0.717, 1.165) is 24.2 Å². The fourth-order valence-corrected chi connectivity index (χ4v) is 2.50. The van der Waals surface area contributed by atoms with Crippen LogP contribution in [0.4, 0.5) is 5.69 Å². The minimum absolute atomic E-state index is 0.0279. The number of fused-ring (bicyclic) bond motifs is 1. The largest absolute Gasteiger partial charge is 0.524 e. The standard InChI is InChI=1S/C12H17N2O4P/c1-14(2)7-6-9-8-13-10-4-3-5-11(12(9)10)18-19(15,16)17/h3-5,8-9H,6-7H2,1-2H3,(H2,15,16,17). The molecule has 19 heavy (non-hydrogen) atoms. The van der Waals surface area contributed by atoms with E-state index >= 15 is 0 Å². The first kappa shape index (κ1) is 14.2. The summed E-state index contributed by atoms with van der Waals surface area (Å²) < 4.78 is 15.8. The van der Waals surface area contributed by atoms with Crippen molar-refractivity contribution < 1.29 is 18.9 Å². The van der Waals surface area contributed by atoms with Crippen molar-refractivity contribution in [2.75, 3.05) is 20.6 Å². The van der Waals surface area contributed by atoms with E-state index in [1.165, 1.54) is 0 Å². The normalized spacial score (nSPS) is 17.8. The van der Waals surface area contributed by atoms with Crippen LogP contribution >= 0.6 is 7.82 Å². The van der Waals surface area contributed by atoms with Crippen molar-refractivity contribution >= 4 is 19.7 Å². The number of hydrogen-bond donors (Lipinski definition) is 2. The zero-order chi connectivity index (χ0) is 14.0. The van der Waals surface area contributed by atoms with Gasteiger partial charge in [0, 0.05) is 17.7 Å². The molecule has 1 heterocycles. The van der Waals surface area contributed by atoms with Gasteiger partial charge in [0.15, 0.2) is 0 Å². The van der Waals surface area contributed by atoms with Crippen LogP contribution in [0.3, 0.4) is 0 Å². The number of phosphoric acid groups is 1. The van der Waals surface area contributed by atoms with Crippen molar-refractivity contribution in [3.05, 3.63) is 23.8 Å². The van der Waals surface area contributed by atoms with Crippen LogP contribution < -0.4 is 4.52 Å². The molecule has 1 unspecified atom stereocenters. The second-order valence-corrected chi connectivity index (χ2v) is 5.91. The Balaban J connectivity index is 2.25. The monoisotopic (exact) mass is 284 g/mol. The van der Waals surface area contributed by atoms with Crippen molar-refractivity contribution in [1.82, 2.24) is 4.90 Å². The molecule has 0 amide bonds. The average molecular weight is 284 g/mol. The molecule has 0 aliphatic carbocycles. The molecule has 0 fully saturated rings. The van der Waals surface area contributed by atoms with Crippen LogP contribution in [0, 0.1) is 0 Å². The zero-order valence-electron chi connectivity index (χ0n) is 10.9. The van der Waals surface area contributed by atoms with Gasteiger partial charge in [0.25, 0.3) is 0 Å². The highest BCUT2D eigenvalue weighted by atomic mass is 31.2. The summed E-state index contributed by atoms with van der Waals surface area (Å²) in [5, 5.41) is 0. The molecular weight excluding hydrogens is 267 g/mol. The van der Waals surface area contributed by atoms with Gasteiger partial charge >= 0.3 is 7.82 Å². The van der Waals surface area contributed by atoms with Crippen LogP contribution in [0.25, 0.3) is 0 Å². The highest BCUT2D eigenvalue weighted by molar-refractivity contribution is 7.46. The Morgan fingerprint density at radius 2 is 2.16 bits per heavy atom. The third kappa shape index (κ3) is 3.64. The number of aliphatic imine (C=N–C) groups is 1. The Morgan fingerprint density at radius 3 is 2.79 bits per heavy atom. The second-order valence-electron chi connectivity index (χ2n) is 4.75. The van der Waals surface area contributed by atoms with Gasteiger partial charge < -0.3 is 9.42 Å². The molecule has 0 saturated carbocycles. The SMILES string of the molecule is CN(C)CCC1C=Nc2cccc(OP(=O)(O)O)c21. The molecule has 2 rings (SSSR count). The molecule has 0 bridgehead atoms. The molecule has 6 nitrogen and oxygen atoms in total. The summed E-state index contributed by atoms with van der Waals surface area (Å²) >= 11 is 0. The van der Waals surface area contributed by atoms with Crippen LogP contribution in [0.1, 0.15) is 17.9 Å². The minimum Gasteiger partial charge on any atom is -0.404 e. The topological polar surface area (TPSA) is 82.4 Å². The molecule has 2 N–H and O–H groups in total. The smallest absolute Gasteiger partial charge is 0.404 e. The highest BCUT2D eigenvalue weighted by Crippen LogP contribution is 2.46. The second kappa shape index (κ2) is 5.43. The van der Waals surface area contributed by atoms with Gasteiger partial charge in [-0.25, -0.2) is 4.57 Å². The van der Waals surface area contributed by atoms with Gasteiger partial charge in [-0.1, -0.05) is 6.07 Å². The first-order chi connectivity index (χ1) is 8.87. The molecule has 1 aliphatic rings. The summed E-state index contributed by atoms with van der Waals surface area (Å²) in [6.45, 7) is 0.861. The predicted molar refractivity (Wildman–Crippen MR) is 73.2 cm³/mol. The number of nitrogens with zero attached hydrogens (tertiary/aromatic N) is 2. The lowest BCUT2D eigenvalue weighted by Crippen LogP contribution is -2.16. The first-order valence-corrected chi connectivity index (χ1v) is 7.47. The van der Waals surface area contributed by atoms with Crippen molar-refractivity contribution in [2.45, 2.75) is 12.3 Å². The lowest BCUT2D eigenvalue weighted by molar-refractivity contribution is 0.282. The Hall–Kier alpha value is -1.20. The maximum absolute atomic E-state index is 11.0. The van der Waals surface area contributed by atoms with Crippen molar-refractivity contribution in [1.29, 1.82) is 0 Å². The van der Waals surface area contributed by atoms with Crippen LogP contribution in [-0.4, -0.2) is 41.5 Å². The molecular formula is C12H17N2O4P. The fourth-order valence-electron chi connectivity index (χ4n) is 2.09. The quantitative estimate of drug-likeness (QED) is 0.807. The van der Waals surface area contributed by atoms with E-state index < -0.39 is 7.82 Å². The molecule has 0 spiro atoms. The minimum atomic E-state index is -4.55. The van der Waals surface area contributed by atoms with Crippen LogP contribution in [-0.2, 0) is 4.57 Å². The van der Waals surface area contributed by atoms with Crippen molar-refractivity contribution in [3.8, 4) is 5.75 Å². The summed E-state index contributed by atoms with van der Waals surface area (Å²) in [4.78, 5) is 24.2. The summed E-state index contributed by atoms with van der Waals surface area (Å²) in [5.74, 6) is 0.243. The zero-order valence-corrected chi connectivity index (χ0v) is 11.7. The highest BCUT2D eigenvalue weighted by Gasteiger charge is 2.26. The maximum atomic E-state index is 11.0. The van der Waals surface area contributed by atoms with Crippen LogP contribution in [0.5, 0.6) is 5.75 Å². The summed E-state index contributed by atoms with van der Waals surface area (Å²) in [5.41, 5.74) is 1.47. The number of hydrogen-bond acceptors (Lipinski definition) is 4. The third-order valence-corrected chi connectivity index (χ3v) is 3.35. The lowest BCUT2D eigenvalue weighted by Gasteiger charge is -2.17. The van der Waals surface area contributed by atoms with Crippen molar-refractivity contribution in [2.24, 2.45) is 4.99 Å². The molecule has 7 heteroatoms. The maximum Gasteiger partial charge on any atom is 0.524 e.